The molecule has 0 saturated carbocycles. The largest absolute Gasteiger partial charge is 0.310 e. The standard InChI is InChI=1S/C11H12ClN5O/c1-7-10(3-9(12)5-14-7)17-6-8(2-11(17)18)4-15-16-13/h3,5,8H,2,4,6H2,1H3. The Balaban J connectivity index is 2.21. The first-order valence-corrected chi connectivity index (χ1v) is 5.93. The lowest BCUT2D eigenvalue weighted by atomic mass is 10.1. The fourth-order valence-electron chi connectivity index (χ4n) is 2.06. The molecular weight excluding hydrogens is 254 g/mol. The molecule has 1 saturated heterocycles. The molecule has 94 valence electrons. The van der Waals surface area contributed by atoms with Gasteiger partial charge in [0.2, 0.25) is 5.91 Å². The summed E-state index contributed by atoms with van der Waals surface area (Å²) >= 11 is 5.90. The highest BCUT2D eigenvalue weighted by Crippen LogP contribution is 2.29. The van der Waals surface area contributed by atoms with E-state index >= 15 is 0 Å². The van der Waals surface area contributed by atoms with E-state index in [-0.39, 0.29) is 11.8 Å². The van der Waals surface area contributed by atoms with Crippen LogP contribution in [-0.4, -0.2) is 24.0 Å². The zero-order valence-corrected chi connectivity index (χ0v) is 10.6. The average Bonchev–Trinajstić information content (AvgIpc) is 2.71. The van der Waals surface area contributed by atoms with E-state index in [0.29, 0.717) is 24.5 Å². The molecule has 1 amide bonds. The summed E-state index contributed by atoms with van der Waals surface area (Å²) in [6.45, 7) is 2.71. The molecule has 6 nitrogen and oxygen atoms in total. The van der Waals surface area contributed by atoms with Crippen LogP contribution in [0.1, 0.15) is 12.1 Å². The summed E-state index contributed by atoms with van der Waals surface area (Å²) < 4.78 is 0. The maximum Gasteiger partial charge on any atom is 0.227 e. The van der Waals surface area contributed by atoms with Gasteiger partial charge >= 0.3 is 0 Å². The van der Waals surface area contributed by atoms with E-state index in [1.54, 1.807) is 17.2 Å². The lowest BCUT2D eigenvalue weighted by molar-refractivity contribution is -0.117. The van der Waals surface area contributed by atoms with Crippen LogP contribution in [0.4, 0.5) is 5.69 Å². The summed E-state index contributed by atoms with van der Waals surface area (Å²) in [6, 6.07) is 1.73. The van der Waals surface area contributed by atoms with Crippen molar-refractivity contribution in [2.45, 2.75) is 13.3 Å². The predicted octanol–water partition coefficient (Wildman–Crippen LogP) is 2.71. The minimum absolute atomic E-state index is 0.0142. The number of halogens is 1. The normalized spacial score (nSPS) is 18.9. The zero-order chi connectivity index (χ0) is 13.1. The molecule has 1 aromatic rings. The molecule has 0 bridgehead atoms. The Morgan fingerprint density at radius 1 is 1.72 bits per heavy atom. The third-order valence-corrected chi connectivity index (χ3v) is 3.13. The minimum Gasteiger partial charge on any atom is -0.310 e. The van der Waals surface area contributed by atoms with Crippen molar-refractivity contribution in [2.24, 2.45) is 11.0 Å². The maximum atomic E-state index is 11.9. The highest BCUT2D eigenvalue weighted by Gasteiger charge is 2.31. The highest BCUT2D eigenvalue weighted by molar-refractivity contribution is 6.30. The van der Waals surface area contributed by atoms with Gasteiger partial charge in [-0.1, -0.05) is 16.7 Å². The number of hydrogen-bond acceptors (Lipinski definition) is 3. The van der Waals surface area contributed by atoms with Gasteiger partial charge in [0.1, 0.15) is 0 Å². The molecule has 2 rings (SSSR count). The maximum absolute atomic E-state index is 11.9. The van der Waals surface area contributed by atoms with Gasteiger partial charge in [0.25, 0.3) is 0 Å². The van der Waals surface area contributed by atoms with Gasteiger partial charge in [-0.25, -0.2) is 0 Å². The third kappa shape index (κ3) is 2.55. The van der Waals surface area contributed by atoms with E-state index in [1.807, 2.05) is 6.92 Å². The van der Waals surface area contributed by atoms with E-state index < -0.39 is 0 Å². The van der Waals surface area contributed by atoms with Gasteiger partial charge in [-0.05, 0) is 24.4 Å². The Kier molecular flexibility index (Phi) is 3.69. The SMILES string of the molecule is Cc1ncc(Cl)cc1N1CC(CN=[N+]=[N-])CC1=O. The van der Waals surface area contributed by atoms with Crippen molar-refractivity contribution in [1.82, 2.24) is 4.98 Å². The molecule has 1 aliphatic rings. The summed E-state index contributed by atoms with van der Waals surface area (Å²) in [7, 11) is 0. The van der Waals surface area contributed by atoms with Gasteiger partial charge in [-0.15, -0.1) is 0 Å². The Morgan fingerprint density at radius 3 is 3.22 bits per heavy atom. The van der Waals surface area contributed by atoms with Gasteiger partial charge in [-0.3, -0.25) is 9.78 Å². The molecule has 0 aliphatic carbocycles. The quantitative estimate of drug-likeness (QED) is 0.478. The minimum atomic E-state index is 0.0142. The van der Waals surface area contributed by atoms with Crippen molar-refractivity contribution in [3.63, 3.8) is 0 Å². The Bertz CT molecular complexity index is 526. The predicted molar refractivity (Wildman–Crippen MR) is 68.5 cm³/mol. The van der Waals surface area contributed by atoms with E-state index in [0.717, 1.165) is 11.4 Å². The number of amides is 1. The number of hydrogen-bond donors (Lipinski definition) is 0. The van der Waals surface area contributed by atoms with E-state index in [1.165, 1.54) is 0 Å². The number of rotatable bonds is 3. The molecule has 1 unspecified atom stereocenters. The highest BCUT2D eigenvalue weighted by atomic mass is 35.5. The van der Waals surface area contributed by atoms with Gasteiger partial charge in [0.15, 0.2) is 0 Å². The number of carbonyl (C=O) groups is 1. The van der Waals surface area contributed by atoms with Crippen LogP contribution in [0.5, 0.6) is 0 Å². The van der Waals surface area contributed by atoms with Gasteiger partial charge in [-0.2, -0.15) is 0 Å². The fraction of sp³-hybridized carbons (Fsp3) is 0.455. The van der Waals surface area contributed by atoms with Crippen LogP contribution in [0.15, 0.2) is 17.4 Å². The lowest BCUT2D eigenvalue weighted by Crippen LogP contribution is -2.25. The molecule has 0 radical (unpaired) electrons. The van der Waals surface area contributed by atoms with Crippen LogP contribution in [0.25, 0.3) is 10.4 Å². The van der Waals surface area contributed by atoms with Crippen LogP contribution < -0.4 is 4.90 Å². The Morgan fingerprint density at radius 2 is 2.50 bits per heavy atom. The molecule has 1 aromatic heterocycles. The second-order valence-electron chi connectivity index (χ2n) is 4.25. The first-order chi connectivity index (χ1) is 8.61. The molecule has 1 fully saturated rings. The summed E-state index contributed by atoms with van der Waals surface area (Å²) in [4.78, 5) is 20.4. The van der Waals surface area contributed by atoms with Crippen molar-refractivity contribution in [3.8, 4) is 0 Å². The van der Waals surface area contributed by atoms with Crippen molar-refractivity contribution >= 4 is 23.2 Å². The smallest absolute Gasteiger partial charge is 0.227 e. The van der Waals surface area contributed by atoms with Crippen molar-refractivity contribution in [2.75, 3.05) is 18.0 Å². The van der Waals surface area contributed by atoms with Crippen LogP contribution in [0.3, 0.4) is 0 Å². The molecule has 0 spiro atoms. The first-order valence-electron chi connectivity index (χ1n) is 5.55. The fourth-order valence-corrected chi connectivity index (χ4v) is 2.21. The van der Waals surface area contributed by atoms with Gasteiger partial charge in [0.05, 0.1) is 16.4 Å². The monoisotopic (exact) mass is 265 g/mol. The molecule has 0 N–H and O–H groups in total. The second kappa shape index (κ2) is 5.25. The van der Waals surface area contributed by atoms with E-state index in [9.17, 15) is 4.79 Å². The first kappa shape index (κ1) is 12.7. The summed E-state index contributed by atoms with van der Waals surface area (Å²) in [5, 5.41) is 4.02. The molecule has 7 heteroatoms. The molecule has 2 heterocycles. The van der Waals surface area contributed by atoms with E-state index in [2.05, 4.69) is 15.0 Å². The molecule has 0 aromatic carbocycles. The Hall–Kier alpha value is -1.78. The summed E-state index contributed by atoms with van der Waals surface area (Å²) in [5.41, 5.74) is 9.78. The van der Waals surface area contributed by atoms with Crippen LogP contribution in [0.2, 0.25) is 5.02 Å². The molecule has 18 heavy (non-hydrogen) atoms. The van der Waals surface area contributed by atoms with Crippen molar-refractivity contribution < 1.29 is 4.79 Å². The van der Waals surface area contributed by atoms with Crippen molar-refractivity contribution in [3.05, 3.63) is 33.4 Å². The molecular formula is C11H12ClN5O. The van der Waals surface area contributed by atoms with Crippen molar-refractivity contribution in [1.29, 1.82) is 0 Å². The summed E-state index contributed by atoms with van der Waals surface area (Å²) in [5.74, 6) is 0.0760. The number of pyridine rings is 1. The third-order valence-electron chi connectivity index (χ3n) is 2.93. The number of aromatic nitrogens is 1. The van der Waals surface area contributed by atoms with Crippen LogP contribution >= 0.6 is 11.6 Å². The zero-order valence-electron chi connectivity index (χ0n) is 9.88. The van der Waals surface area contributed by atoms with Gasteiger partial charge in [0, 0.05) is 30.6 Å². The van der Waals surface area contributed by atoms with Crippen LogP contribution in [-0.2, 0) is 4.79 Å². The van der Waals surface area contributed by atoms with Gasteiger partial charge < -0.3 is 4.90 Å². The molecule has 1 aliphatic heterocycles. The number of aryl methyl sites for hydroxylation is 1. The lowest BCUT2D eigenvalue weighted by Gasteiger charge is -2.18. The number of carbonyl (C=O) groups excluding carboxylic acids is 1. The number of azide groups is 1. The second-order valence-corrected chi connectivity index (χ2v) is 4.68. The average molecular weight is 266 g/mol. The topological polar surface area (TPSA) is 82.0 Å². The molecule has 1 atom stereocenters. The van der Waals surface area contributed by atoms with Crippen LogP contribution in [0, 0.1) is 12.8 Å². The number of nitrogens with zero attached hydrogens (tertiary/aromatic N) is 5. The number of anilines is 1. The van der Waals surface area contributed by atoms with E-state index in [4.69, 9.17) is 17.1 Å². The summed E-state index contributed by atoms with van der Waals surface area (Å²) in [6.07, 6.45) is 1.95. The Labute approximate surface area is 109 Å².